The molecule has 0 bridgehead atoms. The zero-order valence-electron chi connectivity index (χ0n) is 17.2. The van der Waals surface area contributed by atoms with Crippen LogP contribution < -0.4 is 14.4 Å². The van der Waals surface area contributed by atoms with Gasteiger partial charge in [0.05, 0.1) is 13.2 Å². The van der Waals surface area contributed by atoms with Crippen molar-refractivity contribution < 1.29 is 9.47 Å². The molecule has 150 valence electrons. The summed E-state index contributed by atoms with van der Waals surface area (Å²) in [5.41, 5.74) is 4.68. The lowest BCUT2D eigenvalue weighted by atomic mass is 10.1. The second kappa shape index (κ2) is 8.99. The lowest BCUT2D eigenvalue weighted by Gasteiger charge is -2.27. The number of anilines is 2. The first kappa shape index (κ1) is 19.3. The molecule has 3 aromatic rings. The summed E-state index contributed by atoms with van der Waals surface area (Å²) in [6.07, 6.45) is 8.68. The molecule has 4 nitrogen and oxygen atoms in total. The SMILES string of the molecule is COc1ccc(N(Cc2ccncc2)c2ccc(C)cc2)cc1OC1CCCC1. The van der Waals surface area contributed by atoms with Crippen LogP contribution in [0.1, 0.15) is 36.8 Å². The summed E-state index contributed by atoms with van der Waals surface area (Å²) >= 11 is 0. The molecule has 0 saturated heterocycles. The molecule has 0 radical (unpaired) electrons. The van der Waals surface area contributed by atoms with E-state index in [0.717, 1.165) is 42.3 Å². The second-order valence-corrected chi connectivity index (χ2v) is 7.64. The number of pyridine rings is 1. The van der Waals surface area contributed by atoms with Crippen LogP contribution in [0.15, 0.2) is 67.0 Å². The number of ether oxygens (including phenoxy) is 2. The van der Waals surface area contributed by atoms with Crippen LogP contribution in [0.2, 0.25) is 0 Å². The van der Waals surface area contributed by atoms with E-state index in [0.29, 0.717) is 0 Å². The molecular weight excluding hydrogens is 360 g/mol. The molecule has 1 fully saturated rings. The minimum Gasteiger partial charge on any atom is -0.493 e. The minimum absolute atomic E-state index is 0.284. The summed E-state index contributed by atoms with van der Waals surface area (Å²) < 4.78 is 11.9. The van der Waals surface area contributed by atoms with E-state index < -0.39 is 0 Å². The van der Waals surface area contributed by atoms with Gasteiger partial charge < -0.3 is 14.4 Å². The van der Waals surface area contributed by atoms with Crippen LogP contribution in [0.5, 0.6) is 11.5 Å². The molecule has 4 rings (SSSR count). The summed E-state index contributed by atoms with van der Waals surface area (Å²) in [4.78, 5) is 6.45. The van der Waals surface area contributed by atoms with Crippen molar-refractivity contribution in [2.45, 2.75) is 45.3 Å². The predicted octanol–water partition coefficient (Wildman–Crippen LogP) is 6.06. The van der Waals surface area contributed by atoms with E-state index in [2.05, 4.69) is 65.3 Å². The topological polar surface area (TPSA) is 34.6 Å². The monoisotopic (exact) mass is 388 g/mol. The molecule has 0 atom stereocenters. The van der Waals surface area contributed by atoms with Crippen molar-refractivity contribution in [3.8, 4) is 11.5 Å². The van der Waals surface area contributed by atoms with Crippen LogP contribution in [-0.2, 0) is 6.54 Å². The first-order valence-electron chi connectivity index (χ1n) is 10.3. The maximum Gasteiger partial charge on any atom is 0.163 e. The van der Waals surface area contributed by atoms with Gasteiger partial charge in [-0.1, -0.05) is 17.7 Å². The third kappa shape index (κ3) is 4.70. The van der Waals surface area contributed by atoms with E-state index in [1.807, 2.05) is 18.5 Å². The molecule has 0 unspecified atom stereocenters. The van der Waals surface area contributed by atoms with Gasteiger partial charge >= 0.3 is 0 Å². The zero-order chi connectivity index (χ0) is 20.1. The Kier molecular flexibility index (Phi) is 5.99. The van der Waals surface area contributed by atoms with Crippen molar-refractivity contribution >= 4 is 11.4 Å². The van der Waals surface area contributed by atoms with E-state index in [-0.39, 0.29) is 6.10 Å². The van der Waals surface area contributed by atoms with Crippen molar-refractivity contribution in [3.63, 3.8) is 0 Å². The fourth-order valence-corrected chi connectivity index (χ4v) is 3.84. The number of aryl methyl sites for hydroxylation is 1. The first-order chi connectivity index (χ1) is 14.2. The fraction of sp³-hybridized carbons (Fsp3) is 0.320. The standard InChI is InChI=1S/C25H28N2O2/c1-19-7-9-21(10-8-19)27(18-20-13-15-26-16-14-20)22-11-12-24(28-2)25(17-22)29-23-5-3-4-6-23/h7-17,23H,3-6,18H2,1-2H3. The normalized spacial score (nSPS) is 14.0. The Morgan fingerprint density at radius 2 is 1.59 bits per heavy atom. The number of hydrogen-bond donors (Lipinski definition) is 0. The molecule has 0 amide bonds. The number of benzene rings is 2. The zero-order valence-corrected chi connectivity index (χ0v) is 17.2. The molecule has 4 heteroatoms. The van der Waals surface area contributed by atoms with Gasteiger partial charge in [0.15, 0.2) is 11.5 Å². The summed E-state index contributed by atoms with van der Waals surface area (Å²) in [5, 5.41) is 0. The van der Waals surface area contributed by atoms with Crippen molar-refractivity contribution in [2.24, 2.45) is 0 Å². The van der Waals surface area contributed by atoms with Gasteiger partial charge in [-0.2, -0.15) is 0 Å². The molecule has 2 aromatic carbocycles. The van der Waals surface area contributed by atoms with Crippen LogP contribution in [0.4, 0.5) is 11.4 Å². The number of aromatic nitrogens is 1. The number of hydrogen-bond acceptors (Lipinski definition) is 4. The van der Waals surface area contributed by atoms with E-state index >= 15 is 0 Å². The van der Waals surface area contributed by atoms with Crippen molar-refractivity contribution in [1.82, 2.24) is 4.98 Å². The maximum absolute atomic E-state index is 6.33. The lowest BCUT2D eigenvalue weighted by molar-refractivity contribution is 0.201. The van der Waals surface area contributed by atoms with Gasteiger partial charge in [-0.3, -0.25) is 4.98 Å². The largest absolute Gasteiger partial charge is 0.493 e. The van der Waals surface area contributed by atoms with Gasteiger partial charge in [-0.25, -0.2) is 0 Å². The Hall–Kier alpha value is -3.01. The van der Waals surface area contributed by atoms with Crippen molar-refractivity contribution in [2.75, 3.05) is 12.0 Å². The van der Waals surface area contributed by atoms with E-state index in [9.17, 15) is 0 Å². The van der Waals surface area contributed by atoms with Crippen LogP contribution in [0.3, 0.4) is 0 Å². The van der Waals surface area contributed by atoms with Gasteiger partial charge in [0, 0.05) is 36.4 Å². The van der Waals surface area contributed by atoms with Gasteiger partial charge in [0.25, 0.3) is 0 Å². The molecule has 0 N–H and O–H groups in total. The van der Waals surface area contributed by atoms with Gasteiger partial charge in [0.2, 0.25) is 0 Å². The minimum atomic E-state index is 0.284. The van der Waals surface area contributed by atoms with E-state index in [1.54, 1.807) is 7.11 Å². The highest BCUT2D eigenvalue weighted by molar-refractivity contribution is 5.67. The highest BCUT2D eigenvalue weighted by Gasteiger charge is 2.20. The number of nitrogens with zero attached hydrogens (tertiary/aromatic N) is 2. The summed E-state index contributed by atoms with van der Waals surface area (Å²) in [7, 11) is 1.70. The van der Waals surface area contributed by atoms with Gasteiger partial charge in [-0.15, -0.1) is 0 Å². The molecule has 1 heterocycles. The number of methoxy groups -OCH3 is 1. The molecular formula is C25H28N2O2. The smallest absolute Gasteiger partial charge is 0.163 e. The fourth-order valence-electron chi connectivity index (χ4n) is 3.84. The van der Waals surface area contributed by atoms with E-state index in [1.165, 1.54) is 24.0 Å². The summed E-state index contributed by atoms with van der Waals surface area (Å²) in [6.45, 7) is 2.86. The average molecular weight is 389 g/mol. The van der Waals surface area contributed by atoms with Gasteiger partial charge in [0.1, 0.15) is 0 Å². The Morgan fingerprint density at radius 1 is 0.897 bits per heavy atom. The quantitative estimate of drug-likeness (QED) is 0.493. The Bertz CT molecular complexity index is 919. The molecule has 29 heavy (non-hydrogen) atoms. The highest BCUT2D eigenvalue weighted by atomic mass is 16.5. The van der Waals surface area contributed by atoms with Crippen LogP contribution in [0, 0.1) is 6.92 Å². The predicted molar refractivity (Wildman–Crippen MR) is 117 cm³/mol. The van der Waals surface area contributed by atoms with Gasteiger partial charge in [-0.05, 0) is 74.6 Å². The maximum atomic E-state index is 6.33. The van der Waals surface area contributed by atoms with Crippen molar-refractivity contribution in [3.05, 3.63) is 78.1 Å². The molecule has 0 aliphatic heterocycles. The molecule has 1 saturated carbocycles. The summed E-state index contributed by atoms with van der Waals surface area (Å²) in [5.74, 6) is 1.61. The lowest BCUT2D eigenvalue weighted by Crippen LogP contribution is -2.17. The Morgan fingerprint density at radius 3 is 2.28 bits per heavy atom. The third-order valence-corrected chi connectivity index (χ3v) is 5.49. The molecule has 1 aromatic heterocycles. The Labute approximate surface area is 173 Å². The first-order valence-corrected chi connectivity index (χ1v) is 10.3. The molecule has 1 aliphatic carbocycles. The number of rotatable bonds is 7. The van der Waals surface area contributed by atoms with Crippen LogP contribution in [0.25, 0.3) is 0 Å². The van der Waals surface area contributed by atoms with Crippen LogP contribution >= 0.6 is 0 Å². The Balaban J connectivity index is 1.69. The molecule has 0 spiro atoms. The second-order valence-electron chi connectivity index (χ2n) is 7.64. The molecule has 1 aliphatic rings. The third-order valence-electron chi connectivity index (χ3n) is 5.49. The van der Waals surface area contributed by atoms with E-state index in [4.69, 9.17) is 9.47 Å². The van der Waals surface area contributed by atoms with Crippen molar-refractivity contribution in [1.29, 1.82) is 0 Å². The highest BCUT2D eigenvalue weighted by Crippen LogP contribution is 2.37. The summed E-state index contributed by atoms with van der Waals surface area (Å²) in [6, 6.07) is 19.0. The average Bonchev–Trinajstić information content (AvgIpc) is 3.27. The van der Waals surface area contributed by atoms with Crippen LogP contribution in [-0.4, -0.2) is 18.2 Å².